The summed E-state index contributed by atoms with van der Waals surface area (Å²) < 4.78 is 38.2. The summed E-state index contributed by atoms with van der Waals surface area (Å²) in [4.78, 5) is 3.91. The van der Waals surface area contributed by atoms with Gasteiger partial charge in [-0.1, -0.05) is 30.3 Å². The van der Waals surface area contributed by atoms with Gasteiger partial charge in [-0.15, -0.1) is 11.8 Å². The van der Waals surface area contributed by atoms with Gasteiger partial charge in [0, 0.05) is 23.0 Å². The van der Waals surface area contributed by atoms with Gasteiger partial charge in [-0.25, -0.2) is 0 Å². The van der Waals surface area contributed by atoms with Crippen LogP contribution in [0, 0.1) is 0 Å². The van der Waals surface area contributed by atoms with E-state index in [4.69, 9.17) is 0 Å². The lowest BCUT2D eigenvalue weighted by molar-refractivity contribution is -0.139. The minimum atomic E-state index is -4.33. The quantitative estimate of drug-likeness (QED) is 0.766. The van der Waals surface area contributed by atoms with E-state index in [0.717, 1.165) is 29.6 Å². The monoisotopic (exact) mass is 269 g/mol. The molecule has 1 heterocycles. The largest absolute Gasteiger partial charge is 0.417 e. The van der Waals surface area contributed by atoms with Gasteiger partial charge in [0.1, 0.15) is 0 Å². The van der Waals surface area contributed by atoms with E-state index in [1.807, 2.05) is 30.3 Å². The first kappa shape index (κ1) is 13.0. The molecule has 0 bridgehead atoms. The molecule has 1 nitrogen and oxygen atoms in total. The van der Waals surface area contributed by atoms with Crippen molar-refractivity contribution in [1.82, 2.24) is 4.98 Å². The molecule has 5 heteroatoms. The van der Waals surface area contributed by atoms with E-state index < -0.39 is 11.7 Å². The van der Waals surface area contributed by atoms with Gasteiger partial charge < -0.3 is 0 Å². The highest BCUT2D eigenvalue weighted by atomic mass is 32.2. The van der Waals surface area contributed by atoms with Crippen LogP contribution in [0.3, 0.4) is 0 Å². The van der Waals surface area contributed by atoms with Crippen molar-refractivity contribution in [2.45, 2.75) is 16.8 Å². The van der Waals surface area contributed by atoms with Gasteiger partial charge in [-0.2, -0.15) is 13.2 Å². The Morgan fingerprint density at radius 3 is 2.44 bits per heavy atom. The summed E-state index contributed by atoms with van der Waals surface area (Å²) in [7, 11) is 0. The van der Waals surface area contributed by atoms with Crippen molar-refractivity contribution in [2.24, 2.45) is 0 Å². The highest BCUT2D eigenvalue weighted by Gasteiger charge is 2.33. The molecule has 0 N–H and O–H groups in total. The number of aromatic nitrogens is 1. The van der Waals surface area contributed by atoms with Gasteiger partial charge in [0.05, 0.1) is 5.56 Å². The normalized spacial score (nSPS) is 11.5. The van der Waals surface area contributed by atoms with Gasteiger partial charge in [0.25, 0.3) is 0 Å². The van der Waals surface area contributed by atoms with Crippen LogP contribution in [0.4, 0.5) is 13.2 Å². The van der Waals surface area contributed by atoms with E-state index in [0.29, 0.717) is 5.75 Å². The molecule has 2 aromatic rings. The minimum Gasteiger partial charge on any atom is -0.264 e. The topological polar surface area (TPSA) is 12.9 Å². The molecule has 0 spiro atoms. The van der Waals surface area contributed by atoms with Crippen molar-refractivity contribution < 1.29 is 13.2 Å². The highest BCUT2D eigenvalue weighted by molar-refractivity contribution is 7.98. The molecule has 2 rings (SSSR count). The third kappa shape index (κ3) is 3.26. The summed E-state index contributed by atoms with van der Waals surface area (Å²) in [6.07, 6.45) is -1.91. The van der Waals surface area contributed by atoms with E-state index in [1.54, 1.807) is 0 Å². The molecule has 18 heavy (non-hydrogen) atoms. The fourth-order valence-electron chi connectivity index (χ4n) is 1.46. The molecule has 0 saturated carbocycles. The smallest absolute Gasteiger partial charge is 0.264 e. The number of benzene rings is 1. The molecule has 0 aliphatic carbocycles. The van der Waals surface area contributed by atoms with Gasteiger partial charge in [0.2, 0.25) is 0 Å². The zero-order valence-corrected chi connectivity index (χ0v) is 10.1. The van der Waals surface area contributed by atoms with Crippen LogP contribution in [0.2, 0.25) is 0 Å². The Morgan fingerprint density at radius 2 is 1.78 bits per heavy atom. The Morgan fingerprint density at radius 1 is 1.06 bits per heavy atom. The molecule has 0 fully saturated rings. The molecule has 94 valence electrons. The molecule has 0 amide bonds. The first-order chi connectivity index (χ1) is 8.57. The van der Waals surface area contributed by atoms with Crippen LogP contribution in [0.1, 0.15) is 11.1 Å². The molecular formula is C13H10F3NS. The molecule has 1 aromatic heterocycles. The van der Waals surface area contributed by atoms with Crippen molar-refractivity contribution >= 4 is 11.8 Å². The number of hydrogen-bond donors (Lipinski definition) is 0. The first-order valence-corrected chi connectivity index (χ1v) is 6.24. The number of thioether (sulfide) groups is 1. The fraction of sp³-hybridized carbons (Fsp3) is 0.154. The average molecular weight is 269 g/mol. The standard InChI is InChI=1S/C13H10F3NS/c14-13(15,16)11-6-7-17-8-12(11)18-9-10-4-2-1-3-5-10/h1-8H,9H2. The number of hydrogen-bond acceptors (Lipinski definition) is 2. The van der Waals surface area contributed by atoms with Crippen molar-refractivity contribution in [3.8, 4) is 0 Å². The molecule has 0 aliphatic heterocycles. The van der Waals surface area contributed by atoms with Crippen molar-refractivity contribution in [1.29, 1.82) is 0 Å². The van der Waals surface area contributed by atoms with E-state index in [9.17, 15) is 13.2 Å². The Kier molecular flexibility index (Phi) is 3.91. The van der Waals surface area contributed by atoms with Crippen LogP contribution < -0.4 is 0 Å². The van der Waals surface area contributed by atoms with Crippen LogP contribution >= 0.6 is 11.8 Å². The summed E-state index contributed by atoms with van der Waals surface area (Å²) in [5.74, 6) is 0.496. The maximum Gasteiger partial charge on any atom is 0.417 e. The number of pyridine rings is 1. The molecule has 0 saturated heterocycles. The second kappa shape index (κ2) is 5.44. The Labute approximate surface area is 107 Å². The van der Waals surface area contributed by atoms with Gasteiger partial charge >= 0.3 is 6.18 Å². The van der Waals surface area contributed by atoms with Crippen molar-refractivity contribution in [3.05, 3.63) is 59.9 Å². The molecule has 1 aromatic carbocycles. The average Bonchev–Trinajstić information content (AvgIpc) is 2.37. The van der Waals surface area contributed by atoms with Gasteiger partial charge in [-0.05, 0) is 11.6 Å². The maximum absolute atomic E-state index is 12.7. The van der Waals surface area contributed by atoms with Crippen LogP contribution in [0.15, 0.2) is 53.7 Å². The van der Waals surface area contributed by atoms with Crippen LogP contribution in [-0.2, 0) is 11.9 Å². The Hall–Kier alpha value is -1.49. The zero-order chi connectivity index (χ0) is 13.0. The predicted molar refractivity (Wildman–Crippen MR) is 65.2 cm³/mol. The SMILES string of the molecule is FC(F)(F)c1ccncc1SCc1ccccc1. The Bertz CT molecular complexity index is 511. The number of rotatable bonds is 3. The second-order valence-corrected chi connectivity index (χ2v) is 4.66. The van der Waals surface area contributed by atoms with Crippen LogP contribution in [0.25, 0.3) is 0 Å². The fourth-order valence-corrected chi connectivity index (χ4v) is 2.45. The summed E-state index contributed by atoms with van der Waals surface area (Å²) in [5, 5.41) is 0. The zero-order valence-electron chi connectivity index (χ0n) is 9.32. The number of nitrogens with zero attached hydrogens (tertiary/aromatic N) is 1. The summed E-state index contributed by atoms with van der Waals surface area (Å²) in [6, 6.07) is 10.4. The summed E-state index contributed by atoms with van der Waals surface area (Å²) >= 11 is 1.14. The molecular weight excluding hydrogens is 259 g/mol. The van der Waals surface area contributed by atoms with Crippen molar-refractivity contribution in [2.75, 3.05) is 0 Å². The first-order valence-electron chi connectivity index (χ1n) is 5.25. The van der Waals surface area contributed by atoms with E-state index in [1.165, 1.54) is 6.20 Å². The predicted octanol–water partition coefficient (Wildman–Crippen LogP) is 4.39. The molecule has 0 radical (unpaired) electrons. The van der Waals surface area contributed by atoms with Gasteiger partial charge in [-0.3, -0.25) is 4.98 Å². The summed E-state index contributed by atoms with van der Waals surface area (Å²) in [6.45, 7) is 0. The van der Waals surface area contributed by atoms with Crippen LogP contribution in [-0.4, -0.2) is 4.98 Å². The van der Waals surface area contributed by atoms with Crippen LogP contribution in [0.5, 0.6) is 0 Å². The lowest BCUT2D eigenvalue weighted by Gasteiger charge is -2.11. The number of alkyl halides is 3. The van der Waals surface area contributed by atoms with Gasteiger partial charge in [0.15, 0.2) is 0 Å². The summed E-state index contributed by atoms with van der Waals surface area (Å²) in [5.41, 5.74) is 0.359. The second-order valence-electron chi connectivity index (χ2n) is 3.64. The lowest BCUT2D eigenvalue weighted by atomic mass is 10.2. The number of halogens is 3. The van der Waals surface area contributed by atoms with E-state index in [2.05, 4.69) is 4.98 Å². The third-order valence-electron chi connectivity index (χ3n) is 2.33. The van der Waals surface area contributed by atoms with E-state index in [-0.39, 0.29) is 4.90 Å². The maximum atomic E-state index is 12.7. The molecule has 0 aliphatic rings. The Balaban J connectivity index is 2.15. The molecule has 0 atom stereocenters. The minimum absolute atomic E-state index is 0.161. The lowest BCUT2D eigenvalue weighted by Crippen LogP contribution is -2.06. The van der Waals surface area contributed by atoms with E-state index >= 15 is 0 Å². The third-order valence-corrected chi connectivity index (χ3v) is 3.44. The highest BCUT2D eigenvalue weighted by Crippen LogP contribution is 2.36. The van der Waals surface area contributed by atoms with Crippen molar-refractivity contribution in [3.63, 3.8) is 0 Å². The molecule has 0 unspecified atom stereocenters.